The first-order chi connectivity index (χ1) is 8.47. The summed E-state index contributed by atoms with van der Waals surface area (Å²) in [5, 5.41) is 0.419. The monoisotopic (exact) mass is 293 g/mol. The minimum Gasteiger partial charge on any atom is -0.435 e. The van der Waals surface area contributed by atoms with Gasteiger partial charge in [0.25, 0.3) is 11.8 Å². The third kappa shape index (κ3) is 2.68. The van der Waals surface area contributed by atoms with Gasteiger partial charge in [0, 0.05) is 17.2 Å². The molecule has 2 rings (SSSR count). The van der Waals surface area contributed by atoms with E-state index in [0.717, 1.165) is 0 Å². The maximum atomic E-state index is 13.3. The second kappa shape index (κ2) is 5.04. The summed E-state index contributed by atoms with van der Waals surface area (Å²) in [5.41, 5.74) is 0. The fraction of sp³-hybridized carbons (Fsp3) is 0. The second-order valence-corrected chi connectivity index (χ2v) is 4.07. The van der Waals surface area contributed by atoms with Crippen molar-refractivity contribution < 1.29 is 17.9 Å². The zero-order chi connectivity index (χ0) is 13.3. The number of rotatable bonds is 2. The van der Waals surface area contributed by atoms with E-state index < -0.39 is 23.5 Å². The summed E-state index contributed by atoms with van der Waals surface area (Å²) >= 11 is 11.5. The minimum absolute atomic E-state index is 0.0124. The Balaban J connectivity index is 2.40. The van der Waals surface area contributed by atoms with Gasteiger partial charge in [0.15, 0.2) is 11.6 Å². The van der Waals surface area contributed by atoms with E-state index in [2.05, 4.69) is 4.98 Å². The lowest BCUT2D eigenvalue weighted by atomic mass is 10.3. The third-order valence-corrected chi connectivity index (χ3v) is 2.50. The highest BCUT2D eigenvalue weighted by Gasteiger charge is 2.15. The highest BCUT2D eigenvalue weighted by Crippen LogP contribution is 2.32. The largest absolute Gasteiger partial charge is 0.435 e. The summed E-state index contributed by atoms with van der Waals surface area (Å²) in [7, 11) is 0. The molecular formula is C11H4Cl2F3NO. The van der Waals surface area contributed by atoms with Gasteiger partial charge in [-0.05, 0) is 12.1 Å². The van der Waals surface area contributed by atoms with Gasteiger partial charge in [-0.3, -0.25) is 0 Å². The molecule has 0 atom stereocenters. The molecule has 2 nitrogen and oxygen atoms in total. The van der Waals surface area contributed by atoms with Crippen molar-refractivity contribution in [3.63, 3.8) is 0 Å². The number of hydrogen-bond acceptors (Lipinski definition) is 2. The molecule has 0 aliphatic heterocycles. The third-order valence-electron chi connectivity index (χ3n) is 1.95. The van der Waals surface area contributed by atoms with Crippen molar-refractivity contribution in [1.82, 2.24) is 4.98 Å². The van der Waals surface area contributed by atoms with Crippen LogP contribution in [0, 0.1) is 17.6 Å². The van der Waals surface area contributed by atoms with E-state index in [4.69, 9.17) is 27.9 Å². The van der Waals surface area contributed by atoms with Crippen LogP contribution in [0.1, 0.15) is 0 Å². The number of aromatic nitrogens is 1. The van der Waals surface area contributed by atoms with Gasteiger partial charge in [-0.2, -0.15) is 9.37 Å². The fourth-order valence-electron chi connectivity index (χ4n) is 1.16. The quantitative estimate of drug-likeness (QED) is 0.755. The van der Waals surface area contributed by atoms with Crippen molar-refractivity contribution in [2.75, 3.05) is 0 Å². The van der Waals surface area contributed by atoms with E-state index in [0.29, 0.717) is 6.07 Å². The van der Waals surface area contributed by atoms with Gasteiger partial charge >= 0.3 is 0 Å². The van der Waals surface area contributed by atoms with Gasteiger partial charge in [0.05, 0.1) is 5.02 Å². The average Bonchev–Trinajstić information content (AvgIpc) is 2.30. The van der Waals surface area contributed by atoms with E-state index >= 15 is 0 Å². The number of ether oxygens (including phenoxy) is 1. The van der Waals surface area contributed by atoms with Gasteiger partial charge in [-0.15, -0.1) is 0 Å². The van der Waals surface area contributed by atoms with Gasteiger partial charge in [0.1, 0.15) is 5.75 Å². The molecule has 1 aromatic heterocycles. The molecule has 1 heterocycles. The molecule has 18 heavy (non-hydrogen) atoms. The molecule has 0 N–H and O–H groups in total. The second-order valence-electron chi connectivity index (χ2n) is 3.22. The van der Waals surface area contributed by atoms with E-state index in [9.17, 15) is 13.2 Å². The van der Waals surface area contributed by atoms with Gasteiger partial charge in [-0.1, -0.05) is 23.2 Å². The van der Waals surface area contributed by atoms with Crippen LogP contribution in [0.4, 0.5) is 13.2 Å². The first-order valence-corrected chi connectivity index (χ1v) is 5.37. The number of benzene rings is 1. The van der Waals surface area contributed by atoms with Crippen LogP contribution < -0.4 is 4.74 Å². The maximum absolute atomic E-state index is 13.3. The lowest BCUT2D eigenvalue weighted by molar-refractivity contribution is 0.387. The molecule has 0 fully saturated rings. The summed E-state index contributed by atoms with van der Waals surface area (Å²) in [4.78, 5) is 3.00. The molecule has 0 saturated carbocycles. The zero-order valence-electron chi connectivity index (χ0n) is 8.55. The predicted octanol–water partition coefficient (Wildman–Crippen LogP) is 4.60. The van der Waals surface area contributed by atoms with E-state index in [1.165, 1.54) is 18.2 Å². The Morgan fingerprint density at radius 3 is 2.44 bits per heavy atom. The van der Waals surface area contributed by atoms with Crippen molar-refractivity contribution in [3.8, 4) is 11.6 Å². The Kier molecular flexibility index (Phi) is 3.63. The molecule has 0 aliphatic rings. The summed E-state index contributed by atoms with van der Waals surface area (Å²) in [6, 6.07) is 4.53. The molecule has 0 aliphatic carbocycles. The van der Waals surface area contributed by atoms with Crippen LogP contribution >= 0.6 is 23.2 Å². The molecule has 0 bridgehead atoms. The first kappa shape index (κ1) is 13.0. The smallest absolute Gasteiger partial charge is 0.258 e. The summed E-state index contributed by atoms with van der Waals surface area (Å²) in [6.07, 6.45) is 0. The molecule has 7 heteroatoms. The highest BCUT2D eigenvalue weighted by molar-refractivity contribution is 6.34. The van der Waals surface area contributed by atoms with E-state index in [1.807, 2.05) is 0 Å². The Morgan fingerprint density at radius 1 is 1.00 bits per heavy atom. The normalized spacial score (nSPS) is 10.5. The van der Waals surface area contributed by atoms with Crippen LogP contribution in [0.2, 0.25) is 10.0 Å². The molecule has 2 aromatic rings. The van der Waals surface area contributed by atoms with Crippen molar-refractivity contribution in [2.24, 2.45) is 0 Å². The molecule has 0 amide bonds. The standard InChI is InChI=1S/C11H4Cl2F3NO/c12-5-1-2-6(13)9(3-5)18-11-8(15)4-7(14)10(16)17-11/h1-4H. The molecule has 94 valence electrons. The van der Waals surface area contributed by atoms with Crippen LogP contribution in [0.15, 0.2) is 24.3 Å². The highest BCUT2D eigenvalue weighted by atomic mass is 35.5. The predicted molar refractivity (Wildman–Crippen MR) is 60.6 cm³/mol. The number of pyridine rings is 1. The topological polar surface area (TPSA) is 22.1 Å². The molecule has 0 saturated heterocycles. The number of halogens is 5. The molecule has 0 unspecified atom stereocenters. The Morgan fingerprint density at radius 2 is 1.72 bits per heavy atom. The van der Waals surface area contributed by atoms with Gasteiger partial charge < -0.3 is 4.74 Å². The molecule has 0 radical (unpaired) electrons. The van der Waals surface area contributed by atoms with Crippen LogP contribution in [0.5, 0.6) is 11.6 Å². The van der Waals surface area contributed by atoms with Crippen LogP contribution in [-0.4, -0.2) is 4.98 Å². The SMILES string of the molecule is Fc1cc(F)c(Oc2cc(Cl)ccc2Cl)nc1F. The molecule has 1 aromatic carbocycles. The van der Waals surface area contributed by atoms with Crippen LogP contribution in [0.3, 0.4) is 0 Å². The summed E-state index contributed by atoms with van der Waals surface area (Å²) < 4.78 is 43.7. The minimum atomic E-state index is -1.47. The Labute approximate surface area is 110 Å². The Hall–Kier alpha value is -1.46. The fourth-order valence-corrected chi connectivity index (χ4v) is 1.48. The Bertz CT molecular complexity index is 607. The molecular weight excluding hydrogens is 290 g/mol. The summed E-state index contributed by atoms with van der Waals surface area (Å²) in [6.45, 7) is 0. The average molecular weight is 294 g/mol. The molecule has 0 spiro atoms. The lowest BCUT2D eigenvalue weighted by Crippen LogP contribution is -1.98. The lowest BCUT2D eigenvalue weighted by Gasteiger charge is -2.08. The van der Waals surface area contributed by atoms with Crippen molar-refractivity contribution in [2.45, 2.75) is 0 Å². The van der Waals surface area contributed by atoms with E-state index in [-0.39, 0.29) is 15.8 Å². The number of hydrogen-bond donors (Lipinski definition) is 0. The van der Waals surface area contributed by atoms with E-state index in [1.54, 1.807) is 0 Å². The van der Waals surface area contributed by atoms with Crippen LogP contribution in [0.25, 0.3) is 0 Å². The maximum Gasteiger partial charge on any atom is 0.258 e. The first-order valence-electron chi connectivity index (χ1n) is 4.62. The van der Waals surface area contributed by atoms with Crippen molar-refractivity contribution in [1.29, 1.82) is 0 Å². The van der Waals surface area contributed by atoms with Gasteiger partial charge in [0.2, 0.25) is 0 Å². The zero-order valence-corrected chi connectivity index (χ0v) is 10.1. The number of nitrogens with zero attached hydrogens (tertiary/aromatic N) is 1. The van der Waals surface area contributed by atoms with Gasteiger partial charge in [-0.25, -0.2) is 8.78 Å². The van der Waals surface area contributed by atoms with Crippen LogP contribution in [-0.2, 0) is 0 Å². The van der Waals surface area contributed by atoms with Crippen molar-refractivity contribution in [3.05, 3.63) is 51.9 Å². The summed E-state index contributed by atoms with van der Waals surface area (Å²) in [5.74, 6) is -4.76. The van der Waals surface area contributed by atoms with Crippen molar-refractivity contribution >= 4 is 23.2 Å².